The summed E-state index contributed by atoms with van der Waals surface area (Å²) in [6.45, 7) is 3.93. The summed E-state index contributed by atoms with van der Waals surface area (Å²) in [5.74, 6) is 0.455. The van der Waals surface area contributed by atoms with Crippen LogP contribution in [0.3, 0.4) is 0 Å². The number of aromatic amines is 1. The van der Waals surface area contributed by atoms with E-state index in [2.05, 4.69) is 19.9 Å². The molecule has 4 heterocycles. The topological polar surface area (TPSA) is 94.3 Å². The van der Waals surface area contributed by atoms with Crippen molar-refractivity contribution in [3.63, 3.8) is 0 Å². The van der Waals surface area contributed by atoms with Crippen LogP contribution in [-0.4, -0.2) is 34.1 Å². The Hall–Kier alpha value is -3.81. The number of hydrogen-bond donors (Lipinski definition) is 1. The average molecular weight is 371 g/mol. The van der Waals surface area contributed by atoms with Gasteiger partial charge in [-0.2, -0.15) is 4.98 Å². The monoisotopic (exact) mass is 371 g/mol. The van der Waals surface area contributed by atoms with Crippen LogP contribution in [0.15, 0.2) is 66.1 Å². The summed E-state index contributed by atoms with van der Waals surface area (Å²) in [5, 5.41) is 0. The van der Waals surface area contributed by atoms with Gasteiger partial charge in [-0.05, 0) is 37.6 Å². The zero-order valence-corrected chi connectivity index (χ0v) is 15.4. The molecule has 8 nitrogen and oxygen atoms in total. The van der Waals surface area contributed by atoms with Crippen molar-refractivity contribution >= 4 is 22.2 Å². The largest absolute Gasteiger partial charge is 0.328 e. The molecule has 0 aliphatic carbocycles. The third-order valence-electron chi connectivity index (χ3n) is 5.01. The van der Waals surface area contributed by atoms with Gasteiger partial charge in [0.2, 0.25) is 5.95 Å². The molecule has 0 bridgehead atoms. The van der Waals surface area contributed by atoms with E-state index in [0.717, 1.165) is 16.6 Å². The van der Waals surface area contributed by atoms with Crippen molar-refractivity contribution in [2.45, 2.75) is 19.4 Å². The number of H-pyrrole nitrogens is 1. The van der Waals surface area contributed by atoms with Gasteiger partial charge >= 0.3 is 5.69 Å². The fraction of sp³-hybridized carbons (Fsp3) is 0.150. The van der Waals surface area contributed by atoms with Crippen molar-refractivity contribution in [3.8, 4) is 5.95 Å². The maximum atomic E-state index is 12.8. The van der Waals surface area contributed by atoms with E-state index in [-0.39, 0.29) is 5.69 Å². The van der Waals surface area contributed by atoms with Crippen LogP contribution >= 0.6 is 0 Å². The summed E-state index contributed by atoms with van der Waals surface area (Å²) < 4.78 is 3.46. The van der Waals surface area contributed by atoms with Gasteiger partial charge in [-0.15, -0.1) is 0 Å². The number of aromatic nitrogens is 7. The Bertz CT molecular complexity index is 1360. The highest BCUT2D eigenvalue weighted by Gasteiger charge is 2.28. The van der Waals surface area contributed by atoms with Crippen LogP contribution in [0.1, 0.15) is 19.4 Å². The molecule has 0 saturated carbocycles. The average Bonchev–Trinajstić information content (AvgIpc) is 3.28. The lowest BCUT2D eigenvalue weighted by molar-refractivity contribution is 0.432. The second-order valence-corrected chi connectivity index (χ2v) is 7.08. The molecule has 0 fully saturated rings. The van der Waals surface area contributed by atoms with Crippen LogP contribution in [0.2, 0.25) is 0 Å². The van der Waals surface area contributed by atoms with Crippen LogP contribution in [0.5, 0.6) is 0 Å². The molecule has 0 saturated heterocycles. The zero-order valence-electron chi connectivity index (χ0n) is 15.4. The Morgan fingerprint density at radius 2 is 1.89 bits per heavy atom. The SMILES string of the molecule is CC(C)(c1cccnc1)n1c(=O)[nH]c2cnc(-n3cnc4ccccc43)nc21. The summed E-state index contributed by atoms with van der Waals surface area (Å²) >= 11 is 0. The molecule has 0 spiro atoms. The lowest BCUT2D eigenvalue weighted by atomic mass is 9.96. The molecule has 0 aliphatic rings. The molecule has 1 N–H and O–H groups in total. The van der Waals surface area contributed by atoms with E-state index in [4.69, 9.17) is 4.98 Å². The minimum Gasteiger partial charge on any atom is -0.303 e. The summed E-state index contributed by atoms with van der Waals surface area (Å²) in [6, 6.07) is 11.6. The number of imidazole rings is 2. The number of fused-ring (bicyclic) bond motifs is 2. The van der Waals surface area contributed by atoms with Crippen molar-refractivity contribution in [1.29, 1.82) is 0 Å². The molecule has 4 aromatic heterocycles. The first-order valence-corrected chi connectivity index (χ1v) is 8.87. The highest BCUT2D eigenvalue weighted by molar-refractivity contribution is 5.77. The molecule has 0 radical (unpaired) electrons. The Labute approximate surface area is 159 Å². The predicted molar refractivity (Wildman–Crippen MR) is 105 cm³/mol. The Morgan fingerprint density at radius 1 is 1.04 bits per heavy atom. The number of rotatable bonds is 3. The van der Waals surface area contributed by atoms with E-state index >= 15 is 0 Å². The fourth-order valence-corrected chi connectivity index (χ4v) is 3.50. The maximum absolute atomic E-state index is 12.8. The third kappa shape index (κ3) is 2.34. The molecule has 0 amide bonds. The fourth-order valence-electron chi connectivity index (χ4n) is 3.50. The van der Waals surface area contributed by atoms with Gasteiger partial charge in [0.05, 0.1) is 22.8 Å². The van der Waals surface area contributed by atoms with Gasteiger partial charge in [-0.25, -0.2) is 14.8 Å². The van der Waals surface area contributed by atoms with Gasteiger partial charge in [0.25, 0.3) is 0 Å². The van der Waals surface area contributed by atoms with Crippen molar-refractivity contribution in [2.75, 3.05) is 0 Å². The number of para-hydroxylation sites is 2. The van der Waals surface area contributed by atoms with Gasteiger partial charge in [-0.1, -0.05) is 18.2 Å². The first-order chi connectivity index (χ1) is 13.6. The van der Waals surface area contributed by atoms with Crippen molar-refractivity contribution < 1.29 is 0 Å². The van der Waals surface area contributed by atoms with E-state index in [0.29, 0.717) is 17.1 Å². The van der Waals surface area contributed by atoms with Crippen LogP contribution in [0, 0.1) is 0 Å². The first-order valence-electron chi connectivity index (χ1n) is 8.87. The molecule has 0 unspecified atom stereocenters. The lowest BCUT2D eigenvalue weighted by Crippen LogP contribution is -2.36. The number of nitrogens with zero attached hydrogens (tertiary/aromatic N) is 6. The normalized spacial score (nSPS) is 12.1. The number of nitrogens with one attached hydrogen (secondary N) is 1. The predicted octanol–water partition coefficient (Wildman–Crippen LogP) is 2.64. The molecule has 5 rings (SSSR count). The van der Waals surface area contributed by atoms with E-state index in [1.807, 2.05) is 54.8 Å². The maximum Gasteiger partial charge on any atom is 0.328 e. The molecule has 0 atom stereocenters. The first kappa shape index (κ1) is 16.4. The number of benzene rings is 1. The van der Waals surface area contributed by atoms with Crippen molar-refractivity contribution in [1.82, 2.24) is 34.1 Å². The highest BCUT2D eigenvalue weighted by Crippen LogP contribution is 2.26. The smallest absolute Gasteiger partial charge is 0.303 e. The standard InChI is InChI=1S/C20H17N7O/c1-20(2,13-6-5-9-21-10-13)27-17-15(24-19(27)28)11-22-18(25-17)26-12-23-14-7-3-4-8-16(14)26/h3-12H,1-2H3,(H,24,28). The number of hydrogen-bond acceptors (Lipinski definition) is 5. The Balaban J connectivity index is 1.75. The van der Waals surface area contributed by atoms with Crippen molar-refractivity contribution in [3.05, 3.63) is 77.4 Å². The lowest BCUT2D eigenvalue weighted by Gasteiger charge is -2.26. The van der Waals surface area contributed by atoms with E-state index in [9.17, 15) is 4.79 Å². The molecule has 28 heavy (non-hydrogen) atoms. The Morgan fingerprint density at radius 3 is 2.71 bits per heavy atom. The molecule has 1 aromatic carbocycles. The number of pyridine rings is 1. The van der Waals surface area contributed by atoms with Gasteiger partial charge in [-0.3, -0.25) is 14.1 Å². The van der Waals surface area contributed by atoms with Gasteiger partial charge < -0.3 is 4.98 Å². The van der Waals surface area contributed by atoms with Gasteiger partial charge in [0.1, 0.15) is 11.8 Å². The van der Waals surface area contributed by atoms with Crippen LogP contribution in [0.25, 0.3) is 28.1 Å². The minimum atomic E-state index is -0.647. The highest BCUT2D eigenvalue weighted by atomic mass is 16.1. The quantitative estimate of drug-likeness (QED) is 0.526. The second kappa shape index (κ2) is 5.85. The van der Waals surface area contributed by atoms with Crippen molar-refractivity contribution in [2.24, 2.45) is 0 Å². The van der Waals surface area contributed by atoms with Gasteiger partial charge in [0.15, 0.2) is 5.65 Å². The molecule has 5 aromatic rings. The molecular formula is C20H17N7O. The molecule has 8 heteroatoms. The molecule has 138 valence electrons. The summed E-state index contributed by atoms with van der Waals surface area (Å²) in [4.78, 5) is 33.3. The second-order valence-electron chi connectivity index (χ2n) is 7.08. The molecule has 0 aliphatic heterocycles. The van der Waals surface area contributed by atoms with Crippen LogP contribution in [-0.2, 0) is 5.54 Å². The molecular weight excluding hydrogens is 354 g/mol. The van der Waals surface area contributed by atoms with Crippen LogP contribution < -0.4 is 5.69 Å². The summed E-state index contributed by atoms with van der Waals surface area (Å²) in [6.07, 6.45) is 6.79. The summed E-state index contributed by atoms with van der Waals surface area (Å²) in [7, 11) is 0. The van der Waals surface area contributed by atoms with Crippen LogP contribution in [0.4, 0.5) is 0 Å². The van der Waals surface area contributed by atoms with E-state index < -0.39 is 5.54 Å². The van der Waals surface area contributed by atoms with E-state index in [1.165, 1.54) is 0 Å². The minimum absolute atomic E-state index is 0.245. The van der Waals surface area contributed by atoms with Gasteiger partial charge in [0, 0.05) is 12.4 Å². The van der Waals surface area contributed by atoms with E-state index in [1.54, 1.807) is 29.5 Å². The Kier molecular flexibility index (Phi) is 3.42. The third-order valence-corrected chi connectivity index (χ3v) is 5.01. The zero-order chi connectivity index (χ0) is 19.3. The summed E-state index contributed by atoms with van der Waals surface area (Å²) in [5.41, 5.74) is 2.88.